The van der Waals surface area contributed by atoms with Gasteiger partial charge in [-0.25, -0.2) is 4.79 Å². The van der Waals surface area contributed by atoms with E-state index in [0.717, 1.165) is 0 Å². The van der Waals surface area contributed by atoms with Crippen molar-refractivity contribution in [3.05, 3.63) is 29.8 Å². The first-order valence-electron chi connectivity index (χ1n) is 5.08. The number of halogens is 3. The highest BCUT2D eigenvalue weighted by molar-refractivity contribution is 7.81. The van der Waals surface area contributed by atoms with Crippen molar-refractivity contribution >= 4 is 30.2 Å². The zero-order valence-electron chi connectivity index (χ0n) is 9.44. The fourth-order valence-electron chi connectivity index (χ4n) is 1.20. The van der Waals surface area contributed by atoms with E-state index >= 15 is 0 Å². The summed E-state index contributed by atoms with van der Waals surface area (Å²) in [6, 6.07) is 5.06. The van der Waals surface area contributed by atoms with Gasteiger partial charge in [-0.05, 0) is 24.3 Å². The molecule has 0 bridgehead atoms. The Hall–Kier alpha value is -1.70. The summed E-state index contributed by atoms with van der Waals surface area (Å²) >= 11 is 3.30. The summed E-state index contributed by atoms with van der Waals surface area (Å²) in [6.45, 7) is 0. The van der Waals surface area contributed by atoms with E-state index in [2.05, 4.69) is 17.9 Å². The summed E-state index contributed by atoms with van der Waals surface area (Å²) in [7, 11) is 0. The monoisotopic (exact) mass is 293 g/mol. The molecule has 0 radical (unpaired) electrons. The normalized spacial score (nSPS) is 12.8. The molecule has 1 rings (SSSR count). The summed E-state index contributed by atoms with van der Waals surface area (Å²) in [5, 5.41) is 8.84. The number of carbonyl (C=O) groups excluding carboxylic acids is 1. The highest BCUT2D eigenvalue weighted by Gasteiger charge is 2.38. The number of hydrogen-bond acceptors (Lipinski definition) is 3. The van der Waals surface area contributed by atoms with Crippen molar-refractivity contribution in [2.24, 2.45) is 0 Å². The molecule has 0 saturated carbocycles. The number of carboxylic acid groups (broad SMARTS) is 1. The van der Waals surface area contributed by atoms with E-state index in [1.807, 2.05) is 0 Å². The molecule has 0 aliphatic carbocycles. The zero-order chi connectivity index (χ0) is 14.6. The molecule has 2 N–H and O–H groups in total. The van der Waals surface area contributed by atoms with E-state index in [0.29, 0.717) is 0 Å². The summed E-state index contributed by atoms with van der Waals surface area (Å²) in [6.07, 6.45) is -5.36. The van der Waals surface area contributed by atoms with Gasteiger partial charge in [0.05, 0.1) is 5.56 Å². The predicted molar refractivity (Wildman–Crippen MR) is 65.5 cm³/mol. The van der Waals surface area contributed by atoms with Gasteiger partial charge in [0, 0.05) is 12.1 Å². The number of rotatable bonds is 4. The minimum Gasteiger partial charge on any atom is -0.478 e. The van der Waals surface area contributed by atoms with Crippen LogP contribution in [0.5, 0.6) is 0 Å². The number of alkyl halides is 3. The van der Waals surface area contributed by atoms with Crippen molar-refractivity contribution in [1.82, 2.24) is 0 Å². The van der Waals surface area contributed by atoms with Gasteiger partial charge < -0.3 is 10.4 Å². The van der Waals surface area contributed by atoms with Crippen LogP contribution < -0.4 is 5.32 Å². The molecule has 0 heterocycles. The number of carbonyl (C=O) groups is 2. The number of anilines is 1. The van der Waals surface area contributed by atoms with Crippen LogP contribution in [-0.4, -0.2) is 28.4 Å². The van der Waals surface area contributed by atoms with Crippen molar-refractivity contribution in [1.29, 1.82) is 0 Å². The van der Waals surface area contributed by atoms with Gasteiger partial charge in [0.25, 0.3) is 0 Å². The molecule has 0 spiro atoms. The van der Waals surface area contributed by atoms with Crippen LogP contribution in [0.15, 0.2) is 24.3 Å². The SMILES string of the molecule is O=C(CC(S)C(F)(F)F)Nc1ccc(C(=O)O)cc1. The van der Waals surface area contributed by atoms with Gasteiger partial charge in [-0.1, -0.05) is 0 Å². The Morgan fingerprint density at radius 3 is 2.21 bits per heavy atom. The van der Waals surface area contributed by atoms with Crippen LogP contribution in [0.3, 0.4) is 0 Å². The second kappa shape index (κ2) is 5.96. The van der Waals surface area contributed by atoms with E-state index in [1.54, 1.807) is 0 Å². The van der Waals surface area contributed by atoms with Crippen LogP contribution in [0.4, 0.5) is 18.9 Å². The molecule has 1 atom stereocenters. The third-order valence-electron chi connectivity index (χ3n) is 2.17. The topological polar surface area (TPSA) is 66.4 Å². The number of carboxylic acids is 1. The number of aromatic carboxylic acids is 1. The summed E-state index contributed by atoms with van der Waals surface area (Å²) in [5.41, 5.74) is 0.234. The molecule has 1 amide bonds. The Morgan fingerprint density at radius 2 is 1.79 bits per heavy atom. The zero-order valence-corrected chi connectivity index (χ0v) is 10.3. The summed E-state index contributed by atoms with van der Waals surface area (Å²) < 4.78 is 36.5. The largest absolute Gasteiger partial charge is 0.478 e. The molecule has 0 aliphatic heterocycles. The molecule has 104 valence electrons. The highest BCUT2D eigenvalue weighted by atomic mass is 32.1. The van der Waals surface area contributed by atoms with Gasteiger partial charge in [-0.2, -0.15) is 25.8 Å². The summed E-state index contributed by atoms with van der Waals surface area (Å²) in [5.74, 6) is -1.98. The molecule has 19 heavy (non-hydrogen) atoms. The molecule has 0 aliphatic rings. The molecule has 1 unspecified atom stereocenters. The lowest BCUT2D eigenvalue weighted by Gasteiger charge is -2.14. The lowest BCUT2D eigenvalue weighted by molar-refractivity contribution is -0.137. The molecule has 0 aromatic heterocycles. The molecular formula is C11H10F3NO3S. The van der Waals surface area contributed by atoms with Crippen LogP contribution in [-0.2, 0) is 4.79 Å². The molecule has 1 aromatic rings. The van der Waals surface area contributed by atoms with Gasteiger partial charge in [0.15, 0.2) is 0 Å². The number of amides is 1. The van der Waals surface area contributed by atoms with Gasteiger partial charge in [-0.3, -0.25) is 4.79 Å². The number of nitrogens with one attached hydrogen (secondary N) is 1. The fraction of sp³-hybridized carbons (Fsp3) is 0.273. The maximum Gasteiger partial charge on any atom is 0.400 e. The average Bonchev–Trinajstić information content (AvgIpc) is 2.28. The van der Waals surface area contributed by atoms with Crippen LogP contribution in [0.1, 0.15) is 16.8 Å². The van der Waals surface area contributed by atoms with Crippen molar-refractivity contribution < 1.29 is 27.9 Å². The average molecular weight is 293 g/mol. The smallest absolute Gasteiger partial charge is 0.400 e. The quantitative estimate of drug-likeness (QED) is 0.747. The van der Waals surface area contributed by atoms with E-state index in [9.17, 15) is 22.8 Å². The Bertz CT molecular complexity index is 473. The van der Waals surface area contributed by atoms with Gasteiger partial charge in [-0.15, -0.1) is 0 Å². The summed E-state index contributed by atoms with van der Waals surface area (Å²) in [4.78, 5) is 21.9. The Labute approximate surface area is 112 Å². The molecular weight excluding hydrogens is 283 g/mol. The predicted octanol–water partition coefficient (Wildman–Crippen LogP) is 2.57. The van der Waals surface area contributed by atoms with Gasteiger partial charge in [0.2, 0.25) is 5.91 Å². The second-order valence-corrected chi connectivity index (χ2v) is 4.32. The van der Waals surface area contributed by atoms with E-state index in [4.69, 9.17) is 5.11 Å². The third-order valence-corrected chi connectivity index (χ3v) is 2.65. The Morgan fingerprint density at radius 1 is 1.26 bits per heavy atom. The maximum atomic E-state index is 12.2. The second-order valence-electron chi connectivity index (χ2n) is 3.69. The van der Waals surface area contributed by atoms with E-state index in [1.165, 1.54) is 24.3 Å². The molecule has 0 saturated heterocycles. The molecule has 8 heteroatoms. The molecule has 1 aromatic carbocycles. The first-order chi connectivity index (χ1) is 8.70. The van der Waals surface area contributed by atoms with E-state index in [-0.39, 0.29) is 11.3 Å². The lowest BCUT2D eigenvalue weighted by atomic mass is 10.2. The first-order valence-corrected chi connectivity index (χ1v) is 5.60. The highest BCUT2D eigenvalue weighted by Crippen LogP contribution is 2.27. The third kappa shape index (κ3) is 4.82. The Balaban J connectivity index is 2.60. The van der Waals surface area contributed by atoms with Crippen molar-refractivity contribution in [2.75, 3.05) is 5.32 Å². The van der Waals surface area contributed by atoms with Crippen molar-refractivity contribution in [2.45, 2.75) is 17.8 Å². The van der Waals surface area contributed by atoms with Crippen LogP contribution in [0, 0.1) is 0 Å². The fourth-order valence-corrected chi connectivity index (χ4v) is 1.37. The van der Waals surface area contributed by atoms with Crippen LogP contribution >= 0.6 is 12.6 Å². The van der Waals surface area contributed by atoms with Gasteiger partial charge in [0.1, 0.15) is 5.25 Å². The number of thiol groups is 1. The molecule has 4 nitrogen and oxygen atoms in total. The molecule has 0 fully saturated rings. The van der Waals surface area contributed by atoms with Crippen LogP contribution in [0.25, 0.3) is 0 Å². The standard InChI is InChI=1S/C11H10F3NO3S/c12-11(13,14)8(19)5-9(16)15-7-3-1-6(2-4-7)10(17)18/h1-4,8,19H,5H2,(H,15,16)(H,17,18). The van der Waals surface area contributed by atoms with Gasteiger partial charge >= 0.3 is 12.1 Å². The first kappa shape index (κ1) is 15.4. The van der Waals surface area contributed by atoms with Crippen molar-refractivity contribution in [3.63, 3.8) is 0 Å². The number of hydrogen-bond donors (Lipinski definition) is 3. The minimum absolute atomic E-state index is 0.0142. The van der Waals surface area contributed by atoms with Crippen molar-refractivity contribution in [3.8, 4) is 0 Å². The Kier molecular flexibility index (Phi) is 4.82. The lowest BCUT2D eigenvalue weighted by Crippen LogP contribution is -2.28. The van der Waals surface area contributed by atoms with E-state index < -0.39 is 29.7 Å². The van der Waals surface area contributed by atoms with Crippen LogP contribution in [0.2, 0.25) is 0 Å². The number of benzene rings is 1. The minimum atomic E-state index is -4.55. The maximum absolute atomic E-state index is 12.2.